The average molecular weight is 472 g/mol. The van der Waals surface area contributed by atoms with Crippen LogP contribution in [0.5, 0.6) is 0 Å². The Hall–Kier alpha value is -2.56. The largest absolute Gasteiger partial charge is 0.470 e. The number of alkyl halides is 3. The van der Waals surface area contributed by atoms with Crippen molar-refractivity contribution in [2.45, 2.75) is 31.7 Å². The molecule has 1 saturated heterocycles. The van der Waals surface area contributed by atoms with Gasteiger partial charge in [-0.3, -0.25) is 0 Å². The summed E-state index contributed by atoms with van der Waals surface area (Å²) in [6, 6.07) is 3.32. The minimum absolute atomic E-state index is 0.186. The monoisotopic (exact) mass is 471 g/mol. The molecule has 0 radical (unpaired) electrons. The number of rotatable bonds is 3. The van der Waals surface area contributed by atoms with Gasteiger partial charge in [-0.25, -0.2) is 4.68 Å². The first-order chi connectivity index (χ1) is 14.8. The zero-order valence-corrected chi connectivity index (χ0v) is 17.2. The first-order valence-electron chi connectivity index (χ1n) is 9.40. The topological polar surface area (TPSA) is 81.8 Å². The summed E-state index contributed by atoms with van der Waals surface area (Å²) in [4.78, 5) is 2.99. The lowest BCUT2D eigenvalue weighted by Gasteiger charge is -2.22. The van der Waals surface area contributed by atoms with E-state index in [0.29, 0.717) is 33.7 Å². The minimum Gasteiger partial charge on any atom is -0.411 e. The molecule has 0 amide bonds. The highest BCUT2D eigenvalue weighted by Gasteiger charge is 2.39. The SMILES string of the molecule is FC(F)(F)c1nnc(-c2[nH]c3c(Cl)c(Cl)ccc3c2-c2cnn(C3CCCCO3)c2)o1. The van der Waals surface area contributed by atoms with E-state index < -0.39 is 12.1 Å². The number of H-pyrrole nitrogens is 1. The molecule has 12 heteroatoms. The Labute approximate surface area is 183 Å². The molecule has 3 aromatic heterocycles. The molecule has 0 bridgehead atoms. The van der Waals surface area contributed by atoms with Crippen molar-refractivity contribution in [1.29, 1.82) is 0 Å². The van der Waals surface area contributed by atoms with Crippen molar-refractivity contribution in [1.82, 2.24) is 25.0 Å². The highest BCUT2D eigenvalue weighted by atomic mass is 35.5. The van der Waals surface area contributed by atoms with Crippen molar-refractivity contribution in [3.63, 3.8) is 0 Å². The first-order valence-corrected chi connectivity index (χ1v) is 10.2. The molecule has 1 unspecified atom stereocenters. The van der Waals surface area contributed by atoms with Gasteiger partial charge in [-0.2, -0.15) is 18.3 Å². The third kappa shape index (κ3) is 3.58. The molecular formula is C19H14Cl2F3N5O2. The molecule has 5 rings (SSSR count). The van der Waals surface area contributed by atoms with Crippen LogP contribution < -0.4 is 0 Å². The molecule has 1 aliphatic rings. The van der Waals surface area contributed by atoms with Crippen LogP contribution in [0.2, 0.25) is 10.0 Å². The van der Waals surface area contributed by atoms with Crippen LogP contribution in [0.3, 0.4) is 0 Å². The molecule has 7 nitrogen and oxygen atoms in total. The molecule has 1 N–H and O–H groups in total. The third-order valence-corrected chi connectivity index (χ3v) is 5.89. The second-order valence-electron chi connectivity index (χ2n) is 7.10. The highest BCUT2D eigenvalue weighted by Crippen LogP contribution is 2.43. The Morgan fingerprint density at radius 3 is 2.71 bits per heavy atom. The van der Waals surface area contributed by atoms with Gasteiger partial charge in [-0.05, 0) is 25.3 Å². The van der Waals surface area contributed by atoms with Crippen LogP contribution in [0.1, 0.15) is 31.4 Å². The minimum atomic E-state index is -4.76. The fraction of sp³-hybridized carbons (Fsp3) is 0.316. The van der Waals surface area contributed by atoms with Gasteiger partial charge in [-0.1, -0.05) is 29.3 Å². The molecule has 0 spiro atoms. The number of hydrogen-bond acceptors (Lipinski definition) is 5. The van der Waals surface area contributed by atoms with Crippen molar-refractivity contribution < 1.29 is 22.3 Å². The van der Waals surface area contributed by atoms with Crippen LogP contribution in [-0.2, 0) is 10.9 Å². The molecule has 0 saturated carbocycles. The van der Waals surface area contributed by atoms with Gasteiger partial charge in [0, 0.05) is 29.3 Å². The number of aromatic nitrogens is 5. The zero-order chi connectivity index (χ0) is 21.8. The van der Waals surface area contributed by atoms with E-state index in [9.17, 15) is 13.2 Å². The molecule has 162 valence electrons. The average Bonchev–Trinajstić information content (AvgIpc) is 3.48. The van der Waals surface area contributed by atoms with Crippen LogP contribution in [0.25, 0.3) is 33.6 Å². The van der Waals surface area contributed by atoms with E-state index in [1.165, 1.54) is 0 Å². The predicted octanol–water partition coefficient (Wildman–Crippen LogP) is 6.11. The normalized spacial score (nSPS) is 17.5. The van der Waals surface area contributed by atoms with E-state index in [4.69, 9.17) is 32.4 Å². The van der Waals surface area contributed by atoms with Gasteiger partial charge in [0.15, 0.2) is 0 Å². The predicted molar refractivity (Wildman–Crippen MR) is 107 cm³/mol. The van der Waals surface area contributed by atoms with E-state index in [1.807, 2.05) is 0 Å². The van der Waals surface area contributed by atoms with Crippen molar-refractivity contribution in [3.05, 3.63) is 40.5 Å². The summed E-state index contributed by atoms with van der Waals surface area (Å²) >= 11 is 12.5. The Morgan fingerprint density at radius 1 is 1.16 bits per heavy atom. The molecule has 0 aliphatic carbocycles. The Kier molecular flexibility index (Phi) is 4.95. The van der Waals surface area contributed by atoms with Crippen LogP contribution in [0, 0.1) is 0 Å². The summed E-state index contributed by atoms with van der Waals surface area (Å²) < 4.78 is 51.4. The van der Waals surface area contributed by atoms with Crippen molar-refractivity contribution in [2.24, 2.45) is 0 Å². The molecule has 31 heavy (non-hydrogen) atoms. The van der Waals surface area contributed by atoms with Gasteiger partial charge < -0.3 is 14.1 Å². The van der Waals surface area contributed by atoms with Crippen LogP contribution in [-0.4, -0.2) is 31.6 Å². The Morgan fingerprint density at radius 2 is 2.00 bits per heavy atom. The van der Waals surface area contributed by atoms with Crippen LogP contribution in [0.4, 0.5) is 13.2 Å². The summed E-state index contributed by atoms with van der Waals surface area (Å²) in [5.41, 5.74) is 1.77. The standard InChI is InChI=1S/C19H14Cl2F3N5O2/c20-11-5-4-10-13(9-7-25-29(8-9)12-3-1-2-6-30-12)16(26-15(10)14(11)21)17-27-28-18(31-17)19(22,23)24/h4-5,7-8,12,26H,1-3,6H2. The Bertz CT molecular complexity index is 1260. The maximum absolute atomic E-state index is 13.0. The van der Waals surface area contributed by atoms with Crippen molar-refractivity contribution >= 4 is 34.1 Å². The van der Waals surface area contributed by atoms with E-state index >= 15 is 0 Å². The Balaban J connectivity index is 1.68. The zero-order valence-electron chi connectivity index (χ0n) is 15.7. The lowest BCUT2D eigenvalue weighted by Crippen LogP contribution is -2.18. The highest BCUT2D eigenvalue weighted by molar-refractivity contribution is 6.45. The fourth-order valence-electron chi connectivity index (χ4n) is 3.66. The maximum Gasteiger partial charge on any atom is 0.470 e. The number of halogens is 5. The second kappa shape index (κ2) is 7.54. The van der Waals surface area contributed by atoms with Gasteiger partial charge in [0.25, 0.3) is 5.89 Å². The van der Waals surface area contributed by atoms with Crippen LogP contribution in [0.15, 0.2) is 28.9 Å². The molecule has 1 aromatic carbocycles. The molecule has 1 fully saturated rings. The van der Waals surface area contributed by atoms with Gasteiger partial charge in [0.05, 0.1) is 21.8 Å². The summed E-state index contributed by atoms with van der Waals surface area (Å²) in [5, 5.41) is 12.3. The number of nitrogens with one attached hydrogen (secondary N) is 1. The molecular weight excluding hydrogens is 458 g/mol. The summed E-state index contributed by atoms with van der Waals surface area (Å²) in [7, 11) is 0. The molecule has 4 aromatic rings. The second-order valence-corrected chi connectivity index (χ2v) is 7.88. The van der Waals surface area contributed by atoms with E-state index in [2.05, 4.69) is 20.3 Å². The van der Waals surface area contributed by atoms with Gasteiger partial charge >= 0.3 is 12.1 Å². The molecule has 1 aliphatic heterocycles. The molecule has 4 heterocycles. The van der Waals surface area contributed by atoms with Gasteiger partial charge in [0.2, 0.25) is 0 Å². The third-order valence-electron chi connectivity index (χ3n) is 5.09. The number of aromatic amines is 1. The van der Waals surface area contributed by atoms with Gasteiger partial charge in [0.1, 0.15) is 11.9 Å². The lowest BCUT2D eigenvalue weighted by molar-refractivity contribution is -0.156. The number of nitrogens with zero attached hydrogens (tertiary/aromatic N) is 4. The lowest BCUT2D eigenvalue weighted by atomic mass is 10.1. The van der Waals surface area contributed by atoms with E-state index in [-0.39, 0.29) is 22.8 Å². The molecule has 1 atom stereocenters. The number of ether oxygens (including phenoxy) is 1. The number of hydrogen-bond donors (Lipinski definition) is 1. The number of fused-ring (bicyclic) bond motifs is 1. The van der Waals surface area contributed by atoms with E-state index in [0.717, 1.165) is 19.3 Å². The maximum atomic E-state index is 13.0. The quantitative estimate of drug-likeness (QED) is 0.389. The number of benzene rings is 1. The van der Waals surface area contributed by atoms with Crippen molar-refractivity contribution in [3.8, 4) is 22.7 Å². The first kappa shape index (κ1) is 20.3. The van der Waals surface area contributed by atoms with Gasteiger partial charge in [-0.15, -0.1) is 10.2 Å². The smallest absolute Gasteiger partial charge is 0.411 e. The summed E-state index contributed by atoms with van der Waals surface area (Å²) in [5.74, 6) is -1.77. The van der Waals surface area contributed by atoms with E-state index in [1.54, 1.807) is 29.2 Å². The fourth-order valence-corrected chi connectivity index (χ4v) is 4.03. The summed E-state index contributed by atoms with van der Waals surface area (Å²) in [6.07, 6.45) is 1.25. The summed E-state index contributed by atoms with van der Waals surface area (Å²) in [6.45, 7) is 0.647. The van der Waals surface area contributed by atoms with Crippen molar-refractivity contribution in [2.75, 3.05) is 6.61 Å². The van der Waals surface area contributed by atoms with Crippen LogP contribution >= 0.6 is 23.2 Å².